The smallest absolute Gasteiger partial charge is 0.359 e. The number of aromatic nitrogens is 3. The predicted octanol–water partition coefficient (Wildman–Crippen LogP) is 2.36. The number of esters is 1. The van der Waals surface area contributed by atoms with Crippen LogP contribution in [0.15, 0.2) is 12.4 Å². The van der Waals surface area contributed by atoms with Gasteiger partial charge in [-0.1, -0.05) is 0 Å². The number of rotatable bonds is 5. The normalized spacial score (nSPS) is 11.9. The van der Waals surface area contributed by atoms with Crippen molar-refractivity contribution < 1.29 is 19.1 Å². The molecule has 0 amide bonds. The Morgan fingerprint density at radius 3 is 2.29 bits per heavy atom. The topological polar surface area (TPSA) is 102 Å². The van der Waals surface area contributed by atoms with E-state index in [4.69, 9.17) is 4.74 Å². The van der Waals surface area contributed by atoms with Crippen molar-refractivity contribution in [3.05, 3.63) is 46.3 Å². The number of carbonyl (C=O) groups is 3. The van der Waals surface area contributed by atoms with Gasteiger partial charge in [0.05, 0.1) is 17.6 Å². The van der Waals surface area contributed by atoms with E-state index >= 15 is 0 Å². The number of H-pyrrole nitrogens is 1. The zero-order valence-electron chi connectivity index (χ0n) is 14.3. The summed E-state index contributed by atoms with van der Waals surface area (Å²) in [7, 11) is 0. The summed E-state index contributed by atoms with van der Waals surface area (Å²) in [5, 5.41) is 0. The monoisotopic (exact) mass is 329 g/mol. The van der Waals surface area contributed by atoms with Crippen molar-refractivity contribution in [2.24, 2.45) is 0 Å². The quantitative estimate of drug-likeness (QED) is 0.667. The zero-order valence-corrected chi connectivity index (χ0v) is 14.3. The molecule has 1 atom stereocenters. The van der Waals surface area contributed by atoms with E-state index in [0.29, 0.717) is 22.5 Å². The molecule has 2 aromatic heterocycles. The standard InChI is InChI=1S/C17H19N3O4/c1-8-6-19-13(7-18-8)17(23)24-12(5)16(22)15-9(2)14(11(4)21)10(3)20-15/h6-7,12,20H,1-5H3. The summed E-state index contributed by atoms with van der Waals surface area (Å²) >= 11 is 0. The van der Waals surface area contributed by atoms with Gasteiger partial charge >= 0.3 is 5.97 Å². The Kier molecular flexibility index (Phi) is 4.92. The third kappa shape index (κ3) is 3.40. The van der Waals surface area contributed by atoms with Crippen LogP contribution in [-0.2, 0) is 4.74 Å². The van der Waals surface area contributed by atoms with E-state index in [1.807, 2.05) is 0 Å². The van der Waals surface area contributed by atoms with Crippen molar-refractivity contribution in [1.82, 2.24) is 15.0 Å². The number of aryl methyl sites for hydroxylation is 2. The summed E-state index contributed by atoms with van der Waals surface area (Å²) < 4.78 is 5.16. The first-order chi connectivity index (χ1) is 11.2. The van der Waals surface area contributed by atoms with Gasteiger partial charge in [-0.05, 0) is 40.2 Å². The molecule has 126 valence electrons. The van der Waals surface area contributed by atoms with Crippen LogP contribution in [0.4, 0.5) is 0 Å². The molecule has 1 N–H and O–H groups in total. The number of nitrogens with zero attached hydrogens (tertiary/aromatic N) is 2. The highest BCUT2D eigenvalue weighted by Gasteiger charge is 2.26. The molecule has 2 aromatic rings. The van der Waals surface area contributed by atoms with Crippen LogP contribution >= 0.6 is 0 Å². The lowest BCUT2D eigenvalue weighted by atomic mass is 10.0. The molecule has 7 nitrogen and oxygen atoms in total. The first kappa shape index (κ1) is 17.5. The Hall–Kier alpha value is -2.83. The fourth-order valence-corrected chi connectivity index (χ4v) is 2.50. The molecule has 0 saturated heterocycles. The number of ether oxygens (including phenoxy) is 1. The average Bonchev–Trinajstić information content (AvgIpc) is 2.81. The summed E-state index contributed by atoms with van der Waals surface area (Å²) in [5.74, 6) is -1.26. The summed E-state index contributed by atoms with van der Waals surface area (Å²) in [4.78, 5) is 47.0. The van der Waals surface area contributed by atoms with E-state index in [1.165, 1.54) is 26.2 Å². The number of ketones is 2. The third-order valence-corrected chi connectivity index (χ3v) is 3.68. The Balaban J connectivity index is 2.18. The van der Waals surface area contributed by atoms with Crippen LogP contribution < -0.4 is 0 Å². The van der Waals surface area contributed by atoms with Crippen molar-refractivity contribution >= 4 is 17.5 Å². The van der Waals surface area contributed by atoms with Crippen LogP contribution in [0.1, 0.15) is 62.1 Å². The summed E-state index contributed by atoms with van der Waals surface area (Å²) in [6, 6.07) is 0. The highest BCUT2D eigenvalue weighted by molar-refractivity contribution is 6.05. The molecule has 0 bridgehead atoms. The molecule has 7 heteroatoms. The molecule has 0 aliphatic rings. The number of nitrogens with one attached hydrogen (secondary N) is 1. The fourth-order valence-electron chi connectivity index (χ4n) is 2.50. The van der Waals surface area contributed by atoms with Crippen molar-refractivity contribution in [3.63, 3.8) is 0 Å². The zero-order chi connectivity index (χ0) is 18.0. The van der Waals surface area contributed by atoms with Gasteiger partial charge in [0, 0.05) is 17.5 Å². The number of carbonyl (C=O) groups excluding carboxylic acids is 3. The van der Waals surface area contributed by atoms with Crippen molar-refractivity contribution in [2.45, 2.75) is 40.7 Å². The van der Waals surface area contributed by atoms with Crippen LogP contribution in [0, 0.1) is 20.8 Å². The molecule has 0 fully saturated rings. The highest BCUT2D eigenvalue weighted by atomic mass is 16.5. The van der Waals surface area contributed by atoms with Gasteiger partial charge < -0.3 is 9.72 Å². The summed E-state index contributed by atoms with van der Waals surface area (Å²) in [5.41, 5.74) is 2.64. The van der Waals surface area contributed by atoms with Crippen LogP contribution in [0.25, 0.3) is 0 Å². The highest BCUT2D eigenvalue weighted by Crippen LogP contribution is 2.20. The van der Waals surface area contributed by atoms with E-state index in [2.05, 4.69) is 15.0 Å². The maximum absolute atomic E-state index is 12.5. The van der Waals surface area contributed by atoms with E-state index < -0.39 is 17.9 Å². The molecule has 0 aromatic carbocycles. The SMILES string of the molecule is CC(=O)c1c(C)[nH]c(C(=O)C(C)OC(=O)c2cnc(C)cn2)c1C. The first-order valence-corrected chi connectivity index (χ1v) is 7.46. The van der Waals surface area contributed by atoms with E-state index in [0.717, 1.165) is 0 Å². The van der Waals surface area contributed by atoms with Gasteiger partial charge in [-0.25, -0.2) is 9.78 Å². The third-order valence-electron chi connectivity index (χ3n) is 3.68. The van der Waals surface area contributed by atoms with E-state index in [9.17, 15) is 14.4 Å². The lowest BCUT2D eigenvalue weighted by Crippen LogP contribution is -2.26. The Labute approximate surface area is 139 Å². The molecule has 0 radical (unpaired) electrons. The Bertz CT molecular complexity index is 806. The molecule has 0 aliphatic heterocycles. The molecule has 0 spiro atoms. The van der Waals surface area contributed by atoms with Gasteiger partial charge in [-0.2, -0.15) is 0 Å². The molecule has 0 saturated carbocycles. The molecule has 0 aliphatic carbocycles. The minimum atomic E-state index is -1.02. The van der Waals surface area contributed by atoms with Gasteiger partial charge in [0.2, 0.25) is 5.78 Å². The largest absolute Gasteiger partial charge is 0.449 e. The maximum Gasteiger partial charge on any atom is 0.359 e. The van der Waals surface area contributed by atoms with Crippen LogP contribution in [0.5, 0.6) is 0 Å². The lowest BCUT2D eigenvalue weighted by molar-refractivity contribution is 0.0310. The second-order valence-electron chi connectivity index (χ2n) is 5.64. The molecule has 24 heavy (non-hydrogen) atoms. The number of aromatic amines is 1. The lowest BCUT2D eigenvalue weighted by Gasteiger charge is -2.11. The van der Waals surface area contributed by atoms with Gasteiger partial charge in [0.15, 0.2) is 17.6 Å². The van der Waals surface area contributed by atoms with E-state index in [1.54, 1.807) is 20.8 Å². The summed E-state index contributed by atoms with van der Waals surface area (Å²) in [6.07, 6.45) is 1.73. The minimum Gasteiger partial charge on any atom is -0.449 e. The fraction of sp³-hybridized carbons (Fsp3) is 0.353. The molecule has 1 unspecified atom stereocenters. The van der Waals surface area contributed by atoms with Crippen molar-refractivity contribution in [1.29, 1.82) is 0 Å². The Morgan fingerprint density at radius 1 is 1.12 bits per heavy atom. The van der Waals surface area contributed by atoms with E-state index in [-0.39, 0.29) is 17.2 Å². The number of Topliss-reactive ketones (excluding diaryl/α,β-unsaturated/α-hetero) is 2. The predicted molar refractivity (Wildman–Crippen MR) is 86.2 cm³/mol. The first-order valence-electron chi connectivity index (χ1n) is 7.46. The molecular formula is C17H19N3O4. The van der Waals surface area contributed by atoms with Crippen LogP contribution in [0.2, 0.25) is 0 Å². The summed E-state index contributed by atoms with van der Waals surface area (Å²) in [6.45, 7) is 8.08. The van der Waals surface area contributed by atoms with Gasteiger partial charge in [-0.3, -0.25) is 14.6 Å². The second kappa shape index (κ2) is 6.74. The molecule has 2 rings (SSSR count). The molecular weight excluding hydrogens is 310 g/mol. The van der Waals surface area contributed by atoms with Gasteiger partial charge in [-0.15, -0.1) is 0 Å². The number of hydrogen-bond acceptors (Lipinski definition) is 6. The van der Waals surface area contributed by atoms with Crippen LogP contribution in [-0.4, -0.2) is 38.6 Å². The van der Waals surface area contributed by atoms with Crippen molar-refractivity contribution in [3.8, 4) is 0 Å². The average molecular weight is 329 g/mol. The number of hydrogen-bond donors (Lipinski definition) is 1. The Morgan fingerprint density at radius 2 is 1.79 bits per heavy atom. The van der Waals surface area contributed by atoms with Crippen molar-refractivity contribution in [2.75, 3.05) is 0 Å². The maximum atomic E-state index is 12.5. The van der Waals surface area contributed by atoms with Crippen LogP contribution in [0.3, 0.4) is 0 Å². The van der Waals surface area contributed by atoms with Gasteiger partial charge in [0.25, 0.3) is 0 Å². The second-order valence-corrected chi connectivity index (χ2v) is 5.64. The minimum absolute atomic E-state index is 0.0315. The van der Waals surface area contributed by atoms with Gasteiger partial charge in [0.1, 0.15) is 0 Å². The molecule has 2 heterocycles.